The molecule has 0 saturated carbocycles. The first kappa shape index (κ1) is 34.6. The van der Waals surface area contributed by atoms with Crippen LogP contribution in [0.2, 0.25) is 0 Å². The Kier molecular flexibility index (Phi) is 8.00. The summed E-state index contributed by atoms with van der Waals surface area (Å²) in [4.78, 5) is 0. The van der Waals surface area contributed by atoms with Crippen molar-refractivity contribution in [3.8, 4) is 56.9 Å². The highest BCUT2D eigenvalue weighted by Gasteiger charge is 2.32. The van der Waals surface area contributed by atoms with Gasteiger partial charge in [-0.25, -0.2) is 0 Å². The maximum absolute atomic E-state index is 14.7. The molecule has 0 saturated heterocycles. The van der Waals surface area contributed by atoms with Gasteiger partial charge in [0.15, 0.2) is 0 Å². The maximum Gasteiger partial charge on any atom is 0.416 e. The molecule has 2 aromatic heterocycles. The van der Waals surface area contributed by atoms with Crippen molar-refractivity contribution in [1.29, 1.82) is 10.5 Å². The third kappa shape index (κ3) is 5.60. The van der Waals surface area contributed by atoms with E-state index in [1.54, 1.807) is 12.1 Å². The molecule has 10 rings (SSSR count). The third-order valence-corrected chi connectivity index (χ3v) is 10.9. The Bertz CT molecular complexity index is 3160. The molecule has 0 fully saturated rings. The molecular weight excluding hydrogens is 726 g/mol. The Morgan fingerprint density at radius 2 is 0.810 bits per heavy atom. The quantitative estimate of drug-likeness (QED) is 0.176. The van der Waals surface area contributed by atoms with Gasteiger partial charge in [-0.3, -0.25) is 0 Å². The van der Waals surface area contributed by atoms with Crippen molar-refractivity contribution in [3.05, 3.63) is 193 Å². The van der Waals surface area contributed by atoms with Crippen LogP contribution in [0, 0.1) is 22.7 Å². The number of hydrogen-bond donors (Lipinski definition) is 0. The summed E-state index contributed by atoms with van der Waals surface area (Å²) in [5.74, 6) is 0. The van der Waals surface area contributed by atoms with Gasteiger partial charge in [0.1, 0.15) is 0 Å². The fraction of sp³-hybridized carbons (Fsp3) is 0.0196. The third-order valence-electron chi connectivity index (χ3n) is 10.9. The van der Waals surface area contributed by atoms with Crippen LogP contribution >= 0.6 is 0 Å². The molecule has 2 heterocycles. The Labute approximate surface area is 331 Å². The van der Waals surface area contributed by atoms with Gasteiger partial charge in [0.25, 0.3) is 0 Å². The van der Waals surface area contributed by atoms with Gasteiger partial charge < -0.3 is 9.13 Å². The number of alkyl halides is 3. The minimum absolute atomic E-state index is 0.129. The summed E-state index contributed by atoms with van der Waals surface area (Å²) < 4.78 is 48.1. The fourth-order valence-electron chi connectivity index (χ4n) is 8.41. The molecule has 0 radical (unpaired) electrons. The van der Waals surface area contributed by atoms with Gasteiger partial charge in [0.2, 0.25) is 0 Å². The van der Waals surface area contributed by atoms with Gasteiger partial charge in [-0.2, -0.15) is 23.7 Å². The highest BCUT2D eigenvalue weighted by molar-refractivity contribution is 6.13. The van der Waals surface area contributed by atoms with E-state index in [1.165, 1.54) is 6.07 Å². The molecule has 0 amide bonds. The summed E-state index contributed by atoms with van der Waals surface area (Å²) in [7, 11) is 0. The zero-order valence-corrected chi connectivity index (χ0v) is 30.7. The summed E-state index contributed by atoms with van der Waals surface area (Å²) in [6, 6.07) is 59.7. The average Bonchev–Trinajstić information content (AvgIpc) is 3.78. The van der Waals surface area contributed by atoms with Gasteiger partial charge in [-0.15, -0.1) is 0 Å². The second-order valence-electron chi connectivity index (χ2n) is 14.3. The lowest BCUT2D eigenvalue weighted by atomic mass is 9.94. The first-order chi connectivity index (χ1) is 28.3. The second kappa shape index (κ2) is 13.4. The number of hydrogen-bond acceptors (Lipinski definition) is 2. The summed E-state index contributed by atoms with van der Waals surface area (Å²) in [5.41, 5.74) is 8.25. The van der Waals surface area contributed by atoms with E-state index >= 15 is 0 Å². The van der Waals surface area contributed by atoms with Crippen LogP contribution in [0.3, 0.4) is 0 Å². The maximum atomic E-state index is 14.7. The van der Waals surface area contributed by atoms with Crippen LogP contribution in [0.4, 0.5) is 13.2 Å². The zero-order chi connectivity index (χ0) is 39.5. The summed E-state index contributed by atoms with van der Waals surface area (Å²) in [6.07, 6.45) is -4.73. The number of nitrogens with zero attached hydrogens (tertiary/aromatic N) is 4. The summed E-state index contributed by atoms with van der Waals surface area (Å²) in [6.45, 7) is 0. The van der Waals surface area contributed by atoms with Crippen LogP contribution in [-0.2, 0) is 6.18 Å². The van der Waals surface area contributed by atoms with E-state index in [0.29, 0.717) is 22.5 Å². The standard InChI is InChI=1S/C51H29F3N4/c52-51(53,54)39-24-32(30-55)23-38(27-39)50-48(57-44-17-9-7-15-40(44)42-28-36(19-21-46(42)57)34-11-3-1-4-12-34)25-33(31-56)26-49(50)58-45-18-10-8-16-41(45)43-29-37(20-22-47(43)58)35-13-5-2-6-14-35/h1-29H. The van der Waals surface area contributed by atoms with E-state index in [1.807, 2.05) is 124 Å². The van der Waals surface area contributed by atoms with Crippen molar-refractivity contribution in [2.24, 2.45) is 0 Å². The lowest BCUT2D eigenvalue weighted by Gasteiger charge is -2.22. The van der Waals surface area contributed by atoms with E-state index in [0.717, 1.165) is 78.0 Å². The van der Waals surface area contributed by atoms with Gasteiger partial charge in [0.05, 0.1) is 62.3 Å². The second-order valence-corrected chi connectivity index (χ2v) is 14.3. The predicted molar refractivity (Wildman–Crippen MR) is 226 cm³/mol. The fourth-order valence-corrected chi connectivity index (χ4v) is 8.41. The molecule has 0 atom stereocenters. The first-order valence-corrected chi connectivity index (χ1v) is 18.7. The van der Waals surface area contributed by atoms with Crippen LogP contribution in [-0.4, -0.2) is 9.13 Å². The van der Waals surface area contributed by atoms with Gasteiger partial charge in [0, 0.05) is 27.1 Å². The highest BCUT2D eigenvalue weighted by Crippen LogP contribution is 2.45. The predicted octanol–water partition coefficient (Wildman–Crippen LogP) is 13.6. The van der Waals surface area contributed by atoms with Crippen molar-refractivity contribution in [2.45, 2.75) is 6.18 Å². The number of halogens is 3. The molecule has 0 bridgehead atoms. The summed E-state index contributed by atoms with van der Waals surface area (Å²) >= 11 is 0. The highest BCUT2D eigenvalue weighted by atomic mass is 19.4. The van der Waals surface area contributed by atoms with E-state index in [-0.39, 0.29) is 11.1 Å². The van der Waals surface area contributed by atoms with Crippen molar-refractivity contribution in [3.63, 3.8) is 0 Å². The van der Waals surface area contributed by atoms with Crippen molar-refractivity contribution >= 4 is 43.6 Å². The molecule has 0 N–H and O–H groups in total. The minimum atomic E-state index is -4.73. The Morgan fingerprint density at radius 1 is 0.379 bits per heavy atom. The number of aromatic nitrogens is 2. The van der Waals surface area contributed by atoms with Crippen LogP contribution in [0.15, 0.2) is 176 Å². The van der Waals surface area contributed by atoms with Crippen molar-refractivity contribution in [2.75, 3.05) is 0 Å². The molecule has 58 heavy (non-hydrogen) atoms. The van der Waals surface area contributed by atoms with Crippen LogP contribution in [0.5, 0.6) is 0 Å². The Morgan fingerprint density at radius 3 is 1.28 bits per heavy atom. The smallest absolute Gasteiger partial charge is 0.308 e. The number of rotatable bonds is 5. The molecule has 7 heteroatoms. The van der Waals surface area contributed by atoms with Crippen LogP contribution < -0.4 is 0 Å². The molecule has 274 valence electrons. The zero-order valence-electron chi connectivity index (χ0n) is 30.7. The van der Waals surface area contributed by atoms with Crippen LogP contribution in [0.1, 0.15) is 16.7 Å². The van der Waals surface area contributed by atoms with Gasteiger partial charge >= 0.3 is 6.18 Å². The normalized spacial score (nSPS) is 11.7. The van der Waals surface area contributed by atoms with Crippen molar-refractivity contribution in [1.82, 2.24) is 9.13 Å². The molecule has 0 spiro atoms. The molecule has 10 aromatic rings. The van der Waals surface area contributed by atoms with Crippen molar-refractivity contribution < 1.29 is 13.2 Å². The number of benzene rings is 8. The Balaban J connectivity index is 1.36. The molecule has 0 aliphatic heterocycles. The molecular formula is C51H29F3N4. The minimum Gasteiger partial charge on any atom is -0.308 e. The number of fused-ring (bicyclic) bond motifs is 6. The van der Waals surface area contributed by atoms with E-state index in [4.69, 9.17) is 0 Å². The average molecular weight is 755 g/mol. The van der Waals surface area contributed by atoms with Crippen LogP contribution in [0.25, 0.3) is 88.4 Å². The number of para-hydroxylation sites is 2. The molecule has 4 nitrogen and oxygen atoms in total. The topological polar surface area (TPSA) is 57.4 Å². The summed E-state index contributed by atoms with van der Waals surface area (Å²) in [5, 5.41) is 24.6. The van der Waals surface area contributed by atoms with Gasteiger partial charge in [-0.05, 0) is 94.5 Å². The van der Waals surface area contributed by atoms with E-state index < -0.39 is 11.7 Å². The molecule has 8 aromatic carbocycles. The van der Waals surface area contributed by atoms with E-state index in [2.05, 4.69) is 42.5 Å². The van der Waals surface area contributed by atoms with E-state index in [9.17, 15) is 23.7 Å². The lowest BCUT2D eigenvalue weighted by Crippen LogP contribution is -2.08. The Hall–Kier alpha value is -7.87. The van der Waals surface area contributed by atoms with Gasteiger partial charge in [-0.1, -0.05) is 109 Å². The lowest BCUT2D eigenvalue weighted by molar-refractivity contribution is -0.137. The molecule has 0 aliphatic carbocycles. The first-order valence-electron chi connectivity index (χ1n) is 18.7. The SMILES string of the molecule is N#Cc1cc(-c2c(-n3c4ccccc4c4cc(-c5ccccc5)ccc43)cc(C#N)cc2-n2c3ccccc3c3cc(-c4ccccc4)ccc32)cc(C(F)(F)F)c1. The monoisotopic (exact) mass is 754 g/mol. The largest absolute Gasteiger partial charge is 0.416 e. The molecule has 0 aliphatic rings. The number of nitriles is 2. The molecule has 0 unspecified atom stereocenters.